The Balaban J connectivity index is 1.46. The zero-order valence-corrected chi connectivity index (χ0v) is 15.8. The van der Waals surface area contributed by atoms with E-state index in [4.69, 9.17) is 9.15 Å². The van der Waals surface area contributed by atoms with Crippen molar-refractivity contribution in [3.63, 3.8) is 0 Å². The van der Waals surface area contributed by atoms with E-state index in [-0.39, 0.29) is 29.2 Å². The smallest absolute Gasteiger partial charge is 0.351 e. The number of fused-ring (bicyclic) bond motifs is 1. The maximum Gasteiger partial charge on any atom is 0.351 e. The second-order valence-electron chi connectivity index (χ2n) is 7.15. The van der Waals surface area contributed by atoms with Gasteiger partial charge in [-0.15, -0.1) is 0 Å². The van der Waals surface area contributed by atoms with Gasteiger partial charge in [0.05, 0.1) is 11.5 Å². The molecule has 1 aliphatic carbocycles. The average molecular weight is 405 g/mol. The van der Waals surface area contributed by atoms with Gasteiger partial charge in [-0.3, -0.25) is 4.79 Å². The first-order valence-corrected chi connectivity index (χ1v) is 10.9. The molecular weight excluding hydrogens is 386 g/mol. The van der Waals surface area contributed by atoms with Crippen LogP contribution in [-0.2, 0) is 19.4 Å². The molecule has 0 N–H and O–H groups in total. The molecule has 1 aliphatic heterocycles. The number of sulfone groups is 1. The molecule has 0 bridgehead atoms. The summed E-state index contributed by atoms with van der Waals surface area (Å²) in [5.74, 6) is -1.38. The number of ether oxygens (including phenoxy) is 1. The molecule has 1 aromatic heterocycles. The standard InChI is InChI=1S/C19H19NO7S/c21-17(20(13-5-6-13)14-7-8-28(24,25)11-14)10-26-18(22)15-9-12-3-1-2-4-16(12)27-19(15)23/h1-4,9,13-14H,5-8,10-11H2/t14-/m0/s1. The first kappa shape index (κ1) is 18.7. The molecular formula is C19H19NO7S. The lowest BCUT2D eigenvalue weighted by Gasteiger charge is -2.28. The summed E-state index contributed by atoms with van der Waals surface area (Å²) in [6.45, 7) is -0.544. The number of para-hydroxylation sites is 1. The van der Waals surface area contributed by atoms with Crippen LogP contribution < -0.4 is 5.63 Å². The van der Waals surface area contributed by atoms with Gasteiger partial charge in [-0.25, -0.2) is 18.0 Å². The third kappa shape index (κ3) is 3.80. The molecule has 9 heteroatoms. The Hall–Kier alpha value is -2.68. The number of carbonyl (C=O) groups excluding carboxylic acids is 2. The van der Waals surface area contributed by atoms with E-state index in [9.17, 15) is 22.8 Å². The summed E-state index contributed by atoms with van der Waals surface area (Å²) in [6.07, 6.45) is 2.02. The van der Waals surface area contributed by atoms with E-state index in [2.05, 4.69) is 0 Å². The minimum Gasteiger partial charge on any atom is -0.452 e. The van der Waals surface area contributed by atoms with Crippen molar-refractivity contribution in [1.29, 1.82) is 0 Å². The van der Waals surface area contributed by atoms with Crippen LogP contribution in [0.3, 0.4) is 0 Å². The molecule has 4 rings (SSSR count). The van der Waals surface area contributed by atoms with Crippen molar-refractivity contribution in [2.45, 2.75) is 31.3 Å². The second kappa shape index (κ2) is 7.05. The van der Waals surface area contributed by atoms with Gasteiger partial charge in [-0.05, 0) is 31.4 Å². The summed E-state index contributed by atoms with van der Waals surface area (Å²) < 4.78 is 33.6. The minimum atomic E-state index is -3.14. The number of benzene rings is 1. The third-order valence-corrected chi connectivity index (χ3v) is 6.77. The van der Waals surface area contributed by atoms with Gasteiger partial charge in [-0.1, -0.05) is 18.2 Å². The van der Waals surface area contributed by atoms with E-state index in [0.29, 0.717) is 17.4 Å². The molecule has 2 aliphatic rings. The third-order valence-electron chi connectivity index (χ3n) is 5.02. The van der Waals surface area contributed by atoms with Crippen molar-refractivity contribution >= 4 is 32.7 Å². The van der Waals surface area contributed by atoms with Crippen LogP contribution in [0.1, 0.15) is 29.6 Å². The number of carbonyl (C=O) groups is 2. The molecule has 148 valence electrons. The van der Waals surface area contributed by atoms with E-state index in [1.165, 1.54) is 6.07 Å². The number of esters is 1. The Morgan fingerprint density at radius 2 is 1.89 bits per heavy atom. The Kier molecular flexibility index (Phi) is 4.70. The molecule has 1 aromatic carbocycles. The van der Waals surface area contributed by atoms with Crippen LogP contribution in [-0.4, -0.2) is 55.4 Å². The predicted molar refractivity (Wildman–Crippen MR) is 99.7 cm³/mol. The summed E-state index contributed by atoms with van der Waals surface area (Å²) in [4.78, 5) is 38.5. The highest BCUT2D eigenvalue weighted by Crippen LogP contribution is 2.32. The molecule has 2 fully saturated rings. The van der Waals surface area contributed by atoms with Crippen LogP contribution >= 0.6 is 0 Å². The first-order chi connectivity index (χ1) is 13.3. The maximum atomic E-state index is 12.6. The summed E-state index contributed by atoms with van der Waals surface area (Å²) in [7, 11) is -3.14. The fourth-order valence-corrected chi connectivity index (χ4v) is 5.25. The number of hydrogen-bond donors (Lipinski definition) is 0. The maximum absolute atomic E-state index is 12.6. The van der Waals surface area contributed by atoms with Gasteiger partial charge >= 0.3 is 11.6 Å². The lowest BCUT2D eigenvalue weighted by molar-refractivity contribution is -0.137. The van der Waals surface area contributed by atoms with Gasteiger partial charge in [0, 0.05) is 17.5 Å². The number of nitrogens with zero attached hydrogens (tertiary/aromatic N) is 1. The van der Waals surface area contributed by atoms with Crippen LogP contribution in [0.15, 0.2) is 39.5 Å². The van der Waals surface area contributed by atoms with Gasteiger partial charge < -0.3 is 14.1 Å². The molecule has 1 atom stereocenters. The predicted octanol–water partition coefficient (Wildman–Crippen LogP) is 1.13. The monoisotopic (exact) mass is 405 g/mol. The zero-order chi connectivity index (χ0) is 19.9. The summed E-state index contributed by atoms with van der Waals surface area (Å²) in [5, 5.41) is 0.566. The zero-order valence-electron chi connectivity index (χ0n) is 15.0. The lowest BCUT2D eigenvalue weighted by Crippen LogP contribution is -2.44. The Morgan fingerprint density at radius 3 is 2.57 bits per heavy atom. The van der Waals surface area contributed by atoms with Crippen molar-refractivity contribution in [3.8, 4) is 0 Å². The summed E-state index contributed by atoms with van der Waals surface area (Å²) in [5.41, 5.74) is -0.771. The number of amides is 1. The van der Waals surface area contributed by atoms with Crippen molar-refractivity contribution < 1.29 is 27.2 Å². The highest BCUT2D eigenvalue weighted by molar-refractivity contribution is 7.91. The van der Waals surface area contributed by atoms with E-state index in [1.807, 2.05) is 0 Å². The van der Waals surface area contributed by atoms with Crippen molar-refractivity contribution in [1.82, 2.24) is 4.90 Å². The Morgan fingerprint density at radius 1 is 1.14 bits per heavy atom. The molecule has 0 radical (unpaired) electrons. The van der Waals surface area contributed by atoms with Crippen molar-refractivity contribution in [3.05, 3.63) is 46.3 Å². The van der Waals surface area contributed by atoms with Gasteiger partial charge in [0.1, 0.15) is 11.1 Å². The number of hydrogen-bond acceptors (Lipinski definition) is 7. The fourth-order valence-electron chi connectivity index (χ4n) is 3.54. The topological polar surface area (TPSA) is 111 Å². The summed E-state index contributed by atoms with van der Waals surface area (Å²) >= 11 is 0. The van der Waals surface area contributed by atoms with Gasteiger partial charge in [-0.2, -0.15) is 0 Å². The number of rotatable bonds is 5. The Labute approximate surface area is 161 Å². The highest BCUT2D eigenvalue weighted by atomic mass is 32.2. The SMILES string of the molecule is O=C(OCC(=O)N(C1CC1)[C@H]1CCS(=O)(=O)C1)c1cc2ccccc2oc1=O. The van der Waals surface area contributed by atoms with E-state index < -0.39 is 33.9 Å². The molecule has 2 aromatic rings. The molecule has 8 nitrogen and oxygen atoms in total. The van der Waals surface area contributed by atoms with Gasteiger partial charge in [0.2, 0.25) is 0 Å². The molecule has 1 amide bonds. The first-order valence-electron chi connectivity index (χ1n) is 9.06. The second-order valence-corrected chi connectivity index (χ2v) is 9.38. The summed E-state index contributed by atoms with van der Waals surface area (Å²) in [6, 6.07) is 7.73. The van der Waals surface area contributed by atoms with Gasteiger partial charge in [0.15, 0.2) is 16.4 Å². The van der Waals surface area contributed by atoms with Crippen molar-refractivity contribution in [2.24, 2.45) is 0 Å². The van der Waals surface area contributed by atoms with Gasteiger partial charge in [0.25, 0.3) is 5.91 Å². The van der Waals surface area contributed by atoms with Crippen LogP contribution in [0, 0.1) is 0 Å². The highest BCUT2D eigenvalue weighted by Gasteiger charge is 2.42. The Bertz CT molecular complexity index is 1100. The average Bonchev–Trinajstić information content (AvgIpc) is 3.42. The van der Waals surface area contributed by atoms with Crippen LogP contribution in [0.25, 0.3) is 11.0 Å². The van der Waals surface area contributed by atoms with Crippen molar-refractivity contribution in [2.75, 3.05) is 18.1 Å². The molecule has 2 heterocycles. The van der Waals surface area contributed by atoms with E-state index >= 15 is 0 Å². The normalized spacial score (nSPS) is 20.8. The molecule has 28 heavy (non-hydrogen) atoms. The lowest BCUT2D eigenvalue weighted by atomic mass is 10.2. The molecule has 1 saturated carbocycles. The van der Waals surface area contributed by atoms with Crippen LogP contribution in [0.2, 0.25) is 0 Å². The van der Waals surface area contributed by atoms with E-state index in [0.717, 1.165) is 12.8 Å². The van der Waals surface area contributed by atoms with Crippen LogP contribution in [0.4, 0.5) is 0 Å². The quantitative estimate of drug-likeness (QED) is 0.541. The van der Waals surface area contributed by atoms with Crippen LogP contribution in [0.5, 0.6) is 0 Å². The van der Waals surface area contributed by atoms with E-state index in [1.54, 1.807) is 29.2 Å². The molecule has 0 spiro atoms. The molecule has 1 saturated heterocycles. The largest absolute Gasteiger partial charge is 0.452 e. The minimum absolute atomic E-state index is 0.00441. The molecule has 0 unspecified atom stereocenters. The fraction of sp³-hybridized carbons (Fsp3) is 0.421.